The Morgan fingerprint density at radius 3 is 2.77 bits per heavy atom. The SMILES string of the molecule is C[C@@H](c1nc[nH]c(=O)c1F)[C@](O)(Cn1cncn1)c1ccc(F)cc1F. The van der Waals surface area contributed by atoms with Gasteiger partial charge >= 0.3 is 0 Å². The number of nitrogens with zero attached hydrogens (tertiary/aromatic N) is 4. The van der Waals surface area contributed by atoms with Crippen LogP contribution in [0.4, 0.5) is 13.2 Å². The van der Waals surface area contributed by atoms with Crippen molar-refractivity contribution < 1.29 is 18.3 Å². The quantitative estimate of drug-likeness (QED) is 0.714. The highest BCUT2D eigenvalue weighted by Crippen LogP contribution is 2.39. The van der Waals surface area contributed by atoms with Crippen LogP contribution in [-0.4, -0.2) is 29.8 Å². The fraction of sp³-hybridized carbons (Fsp3) is 0.250. The minimum absolute atomic E-state index is 0.289. The molecule has 3 aromatic rings. The summed E-state index contributed by atoms with van der Waals surface area (Å²) in [5, 5.41) is 15.2. The summed E-state index contributed by atoms with van der Waals surface area (Å²) in [6, 6.07) is 2.64. The second-order valence-electron chi connectivity index (χ2n) is 5.79. The molecule has 2 heterocycles. The first kappa shape index (κ1) is 17.8. The summed E-state index contributed by atoms with van der Waals surface area (Å²) in [7, 11) is 0. The third-order valence-electron chi connectivity index (χ3n) is 4.22. The van der Waals surface area contributed by atoms with Crippen molar-refractivity contribution in [1.29, 1.82) is 0 Å². The van der Waals surface area contributed by atoms with Crippen molar-refractivity contribution in [3.05, 3.63) is 76.2 Å². The van der Waals surface area contributed by atoms with E-state index in [2.05, 4.69) is 20.1 Å². The number of aliphatic hydroxyl groups is 1. The van der Waals surface area contributed by atoms with Crippen LogP contribution in [0.25, 0.3) is 0 Å². The van der Waals surface area contributed by atoms with E-state index < -0.39 is 34.5 Å². The average Bonchev–Trinajstić information content (AvgIpc) is 3.09. The highest BCUT2D eigenvalue weighted by molar-refractivity contribution is 5.30. The molecule has 0 fully saturated rings. The molecule has 2 aromatic heterocycles. The second kappa shape index (κ2) is 6.71. The number of H-pyrrole nitrogens is 1. The van der Waals surface area contributed by atoms with E-state index in [9.17, 15) is 23.1 Å². The van der Waals surface area contributed by atoms with Crippen LogP contribution in [0.15, 0.2) is 42.0 Å². The third kappa shape index (κ3) is 3.10. The maximum absolute atomic E-state index is 14.4. The molecule has 0 spiro atoms. The topological polar surface area (TPSA) is 96.7 Å². The average molecular weight is 365 g/mol. The molecule has 0 aliphatic rings. The molecule has 2 atom stereocenters. The van der Waals surface area contributed by atoms with E-state index in [1.165, 1.54) is 24.3 Å². The number of rotatable bonds is 5. The molecular weight excluding hydrogens is 351 g/mol. The molecule has 1 aromatic carbocycles. The molecule has 0 saturated heterocycles. The van der Waals surface area contributed by atoms with E-state index in [1.807, 2.05) is 0 Å². The Bertz CT molecular complexity index is 976. The van der Waals surface area contributed by atoms with Crippen molar-refractivity contribution >= 4 is 0 Å². The third-order valence-corrected chi connectivity index (χ3v) is 4.22. The van der Waals surface area contributed by atoms with E-state index in [0.717, 1.165) is 18.5 Å². The first-order valence-electron chi connectivity index (χ1n) is 7.56. The van der Waals surface area contributed by atoms with Gasteiger partial charge in [-0.1, -0.05) is 13.0 Å². The zero-order valence-corrected chi connectivity index (χ0v) is 13.5. The van der Waals surface area contributed by atoms with Gasteiger partial charge in [0, 0.05) is 17.5 Å². The van der Waals surface area contributed by atoms with Gasteiger partial charge < -0.3 is 10.1 Å². The molecule has 3 rings (SSSR count). The van der Waals surface area contributed by atoms with Crippen molar-refractivity contribution in [2.45, 2.75) is 25.0 Å². The molecule has 0 aliphatic carbocycles. The van der Waals surface area contributed by atoms with Crippen LogP contribution < -0.4 is 5.56 Å². The maximum atomic E-state index is 14.4. The molecular formula is C16H14F3N5O2. The summed E-state index contributed by atoms with van der Waals surface area (Å²) in [6.45, 7) is 1.05. The Morgan fingerprint density at radius 1 is 1.35 bits per heavy atom. The number of hydrogen-bond acceptors (Lipinski definition) is 5. The van der Waals surface area contributed by atoms with Crippen LogP contribution in [0.5, 0.6) is 0 Å². The van der Waals surface area contributed by atoms with Crippen molar-refractivity contribution in [2.24, 2.45) is 0 Å². The van der Waals surface area contributed by atoms with Gasteiger partial charge in [0.1, 0.15) is 29.9 Å². The summed E-state index contributed by atoms with van der Waals surface area (Å²) >= 11 is 0. The molecule has 26 heavy (non-hydrogen) atoms. The molecule has 136 valence electrons. The number of aromatic amines is 1. The van der Waals surface area contributed by atoms with Crippen LogP contribution in [0.1, 0.15) is 24.1 Å². The Kier molecular flexibility index (Phi) is 4.60. The second-order valence-corrected chi connectivity index (χ2v) is 5.79. The zero-order valence-electron chi connectivity index (χ0n) is 13.5. The standard InChI is InChI=1S/C16H14F3N5O2/c1-9(14-13(19)15(25)22-7-21-14)16(26,5-24-8-20-6-23-24)11-3-2-10(17)4-12(11)18/h2-4,6-9,26H,5H2,1H3,(H,21,22,25)/t9-,16+/m0/s1. The summed E-state index contributed by atoms with van der Waals surface area (Å²) < 4.78 is 43.1. The molecule has 0 aliphatic heterocycles. The van der Waals surface area contributed by atoms with Crippen molar-refractivity contribution in [3.8, 4) is 0 Å². The summed E-state index contributed by atoms with van der Waals surface area (Å²) in [4.78, 5) is 21.1. The Balaban J connectivity index is 2.16. The van der Waals surface area contributed by atoms with Gasteiger partial charge in [-0.2, -0.15) is 9.49 Å². The van der Waals surface area contributed by atoms with Crippen molar-refractivity contribution in [3.63, 3.8) is 0 Å². The molecule has 2 N–H and O–H groups in total. The molecule has 0 bridgehead atoms. The normalized spacial score (nSPS) is 14.8. The molecule has 0 unspecified atom stereocenters. The Hall–Kier alpha value is -3.01. The van der Waals surface area contributed by atoms with E-state index in [4.69, 9.17) is 0 Å². The van der Waals surface area contributed by atoms with E-state index in [1.54, 1.807) is 0 Å². The first-order chi connectivity index (χ1) is 12.3. The number of hydrogen-bond donors (Lipinski definition) is 2. The van der Waals surface area contributed by atoms with Crippen LogP contribution in [0, 0.1) is 17.5 Å². The monoisotopic (exact) mass is 365 g/mol. The fourth-order valence-corrected chi connectivity index (χ4v) is 2.78. The summed E-state index contributed by atoms with van der Waals surface area (Å²) in [5.74, 6) is -4.22. The summed E-state index contributed by atoms with van der Waals surface area (Å²) in [5.41, 5.74) is -3.76. The minimum Gasteiger partial charge on any atom is -0.382 e. The van der Waals surface area contributed by atoms with Gasteiger partial charge in [0.25, 0.3) is 5.56 Å². The summed E-state index contributed by atoms with van der Waals surface area (Å²) in [6.07, 6.45) is 3.47. The van der Waals surface area contributed by atoms with Gasteiger partial charge in [0.15, 0.2) is 0 Å². The van der Waals surface area contributed by atoms with Gasteiger partial charge in [-0.15, -0.1) is 0 Å². The van der Waals surface area contributed by atoms with Crippen LogP contribution in [0.3, 0.4) is 0 Å². The number of benzene rings is 1. The number of aromatic nitrogens is 5. The maximum Gasteiger partial charge on any atom is 0.287 e. The van der Waals surface area contributed by atoms with Crippen molar-refractivity contribution in [1.82, 2.24) is 24.7 Å². The lowest BCUT2D eigenvalue weighted by molar-refractivity contribution is -0.0134. The molecule has 7 nitrogen and oxygen atoms in total. The van der Waals surface area contributed by atoms with Crippen molar-refractivity contribution in [2.75, 3.05) is 0 Å². The minimum atomic E-state index is -2.09. The Morgan fingerprint density at radius 2 is 2.12 bits per heavy atom. The van der Waals surface area contributed by atoms with Gasteiger partial charge in [0.2, 0.25) is 5.82 Å². The molecule has 10 heteroatoms. The fourth-order valence-electron chi connectivity index (χ4n) is 2.78. The Labute approximate surface area is 145 Å². The molecule has 0 radical (unpaired) electrons. The number of nitrogens with one attached hydrogen (secondary N) is 1. The molecule has 0 saturated carbocycles. The largest absolute Gasteiger partial charge is 0.382 e. The highest BCUT2D eigenvalue weighted by atomic mass is 19.1. The van der Waals surface area contributed by atoms with E-state index in [0.29, 0.717) is 6.07 Å². The van der Waals surface area contributed by atoms with Crippen LogP contribution in [0.2, 0.25) is 0 Å². The lowest BCUT2D eigenvalue weighted by Gasteiger charge is -2.34. The zero-order chi connectivity index (χ0) is 18.9. The van der Waals surface area contributed by atoms with Gasteiger partial charge in [-0.25, -0.2) is 23.4 Å². The lowest BCUT2D eigenvalue weighted by atomic mass is 9.79. The van der Waals surface area contributed by atoms with Gasteiger partial charge in [0.05, 0.1) is 18.6 Å². The predicted octanol–water partition coefficient (Wildman–Crippen LogP) is 1.47. The first-order valence-corrected chi connectivity index (χ1v) is 7.56. The van der Waals surface area contributed by atoms with Crippen LogP contribution in [-0.2, 0) is 12.1 Å². The smallest absolute Gasteiger partial charge is 0.287 e. The highest BCUT2D eigenvalue weighted by Gasteiger charge is 2.42. The van der Waals surface area contributed by atoms with E-state index in [-0.39, 0.29) is 17.8 Å². The van der Waals surface area contributed by atoms with Gasteiger partial charge in [-0.05, 0) is 6.07 Å². The lowest BCUT2D eigenvalue weighted by Crippen LogP contribution is -2.39. The number of halogens is 3. The molecule has 0 amide bonds. The van der Waals surface area contributed by atoms with Gasteiger partial charge in [-0.3, -0.25) is 4.79 Å². The van der Waals surface area contributed by atoms with Crippen LogP contribution >= 0.6 is 0 Å². The van der Waals surface area contributed by atoms with E-state index >= 15 is 0 Å². The predicted molar refractivity (Wildman–Crippen MR) is 83.5 cm³/mol.